The van der Waals surface area contributed by atoms with E-state index in [2.05, 4.69) is 37.3 Å². The Balaban J connectivity index is 2.24. The van der Waals surface area contributed by atoms with Gasteiger partial charge in [-0.25, -0.2) is 0 Å². The zero-order valence-electron chi connectivity index (χ0n) is 12.7. The van der Waals surface area contributed by atoms with Crippen LogP contribution >= 0.6 is 0 Å². The summed E-state index contributed by atoms with van der Waals surface area (Å²) >= 11 is 0. The number of ether oxygens (including phenoxy) is 2. The Morgan fingerprint density at radius 1 is 1.05 bits per heavy atom. The maximum Gasteiger partial charge on any atom is 0.164 e. The minimum Gasteiger partial charge on any atom is -0.343 e. The van der Waals surface area contributed by atoms with Crippen LogP contribution in [0.2, 0.25) is 0 Å². The quantitative estimate of drug-likeness (QED) is 0.746. The van der Waals surface area contributed by atoms with Crippen molar-refractivity contribution in [2.75, 3.05) is 0 Å². The van der Waals surface area contributed by atoms with E-state index in [1.54, 1.807) is 0 Å². The molecule has 108 valence electrons. The Hall–Kier alpha value is -1.38. The van der Waals surface area contributed by atoms with Crippen molar-refractivity contribution in [2.45, 2.75) is 45.7 Å². The van der Waals surface area contributed by atoms with Gasteiger partial charge in [-0.15, -0.1) is 0 Å². The molecule has 1 aromatic rings. The Morgan fingerprint density at radius 2 is 1.75 bits per heavy atom. The van der Waals surface area contributed by atoms with Gasteiger partial charge in [-0.1, -0.05) is 61.6 Å². The summed E-state index contributed by atoms with van der Waals surface area (Å²) < 4.78 is 12.2. The van der Waals surface area contributed by atoms with Gasteiger partial charge in [0.15, 0.2) is 5.79 Å². The summed E-state index contributed by atoms with van der Waals surface area (Å²) in [5, 5.41) is 0. The molecule has 2 heteroatoms. The monoisotopic (exact) mass is 272 g/mol. The van der Waals surface area contributed by atoms with Crippen molar-refractivity contribution in [1.82, 2.24) is 0 Å². The van der Waals surface area contributed by atoms with E-state index in [4.69, 9.17) is 9.47 Å². The third-order valence-electron chi connectivity index (χ3n) is 3.56. The Labute approximate surface area is 122 Å². The summed E-state index contributed by atoms with van der Waals surface area (Å²) in [5.41, 5.74) is 1.21. The average molecular weight is 272 g/mol. The fraction of sp³-hybridized carbons (Fsp3) is 0.444. The average Bonchev–Trinajstić information content (AvgIpc) is 2.43. The minimum absolute atomic E-state index is 0.0557. The molecule has 2 nitrogen and oxygen atoms in total. The molecule has 1 heterocycles. The van der Waals surface area contributed by atoms with Crippen molar-refractivity contribution in [1.29, 1.82) is 0 Å². The highest BCUT2D eigenvalue weighted by Gasteiger charge is 2.40. The van der Waals surface area contributed by atoms with Gasteiger partial charge in [0.25, 0.3) is 0 Å². The van der Waals surface area contributed by atoms with Crippen molar-refractivity contribution in [2.24, 2.45) is 5.92 Å². The first-order chi connectivity index (χ1) is 9.53. The molecule has 1 fully saturated rings. The van der Waals surface area contributed by atoms with Crippen molar-refractivity contribution in [3.8, 4) is 0 Å². The third kappa shape index (κ3) is 3.59. The summed E-state index contributed by atoms with van der Waals surface area (Å²) in [6, 6.07) is 10.4. The van der Waals surface area contributed by atoms with E-state index in [0.29, 0.717) is 0 Å². The maximum atomic E-state index is 6.13. The van der Waals surface area contributed by atoms with Gasteiger partial charge < -0.3 is 9.47 Å². The highest BCUT2D eigenvalue weighted by molar-refractivity contribution is 5.20. The van der Waals surface area contributed by atoms with Crippen LogP contribution in [0.1, 0.15) is 39.4 Å². The molecular weight excluding hydrogens is 248 g/mol. The van der Waals surface area contributed by atoms with Crippen molar-refractivity contribution in [3.63, 3.8) is 0 Å². The molecular formula is C18H24O2. The SMILES string of the molecule is C/C=C/C=C/[C@@H]1OC(C)(C)O[C@@H](c2ccccc2)[C@H]1C. The van der Waals surface area contributed by atoms with Crippen LogP contribution in [-0.2, 0) is 9.47 Å². The molecule has 0 N–H and O–H groups in total. The molecule has 0 unspecified atom stereocenters. The molecule has 1 saturated heterocycles. The second-order valence-corrected chi connectivity index (χ2v) is 5.70. The van der Waals surface area contributed by atoms with Crippen LogP contribution in [0.25, 0.3) is 0 Å². The van der Waals surface area contributed by atoms with Gasteiger partial charge in [0.2, 0.25) is 0 Å². The van der Waals surface area contributed by atoms with E-state index >= 15 is 0 Å². The summed E-state index contributed by atoms with van der Waals surface area (Å²) in [4.78, 5) is 0. The molecule has 2 rings (SSSR count). The molecule has 20 heavy (non-hydrogen) atoms. The van der Waals surface area contributed by atoms with Crippen LogP contribution in [0.3, 0.4) is 0 Å². The van der Waals surface area contributed by atoms with Crippen molar-refractivity contribution >= 4 is 0 Å². The zero-order valence-corrected chi connectivity index (χ0v) is 12.7. The maximum absolute atomic E-state index is 6.13. The van der Waals surface area contributed by atoms with E-state index in [1.807, 2.05) is 45.1 Å². The summed E-state index contributed by atoms with van der Waals surface area (Å²) in [7, 11) is 0. The predicted octanol–water partition coefficient (Wildman–Crippen LogP) is 4.65. The van der Waals surface area contributed by atoms with Crippen LogP contribution in [0.15, 0.2) is 54.6 Å². The molecule has 1 aliphatic heterocycles. The summed E-state index contributed by atoms with van der Waals surface area (Å²) in [6.45, 7) is 8.14. The molecule has 0 bridgehead atoms. The van der Waals surface area contributed by atoms with Gasteiger partial charge in [-0.05, 0) is 26.3 Å². The Morgan fingerprint density at radius 3 is 2.40 bits per heavy atom. The van der Waals surface area contributed by atoms with Crippen molar-refractivity contribution < 1.29 is 9.47 Å². The first-order valence-corrected chi connectivity index (χ1v) is 7.23. The standard InChI is InChI=1S/C18H24O2/c1-5-6-8-13-16-14(2)17(20-18(3,4)19-16)15-11-9-7-10-12-15/h5-14,16-17H,1-4H3/b6-5+,13-8+/t14-,16-,17+/m0/s1. The van der Waals surface area contributed by atoms with Gasteiger partial charge >= 0.3 is 0 Å². The van der Waals surface area contributed by atoms with Crippen LogP contribution in [-0.4, -0.2) is 11.9 Å². The number of hydrogen-bond acceptors (Lipinski definition) is 2. The normalized spacial score (nSPS) is 30.1. The molecule has 0 spiro atoms. The fourth-order valence-corrected chi connectivity index (χ4v) is 2.56. The number of allylic oxidation sites excluding steroid dienone is 3. The van der Waals surface area contributed by atoms with E-state index in [1.165, 1.54) is 5.56 Å². The molecule has 0 aliphatic carbocycles. The van der Waals surface area contributed by atoms with Gasteiger partial charge in [0.1, 0.15) is 0 Å². The number of rotatable bonds is 3. The lowest BCUT2D eigenvalue weighted by Crippen LogP contribution is -2.45. The fourth-order valence-electron chi connectivity index (χ4n) is 2.56. The molecule has 0 saturated carbocycles. The van der Waals surface area contributed by atoms with E-state index < -0.39 is 5.79 Å². The topological polar surface area (TPSA) is 18.5 Å². The van der Waals surface area contributed by atoms with Gasteiger partial charge in [-0.3, -0.25) is 0 Å². The third-order valence-corrected chi connectivity index (χ3v) is 3.56. The second kappa shape index (κ2) is 6.38. The number of benzene rings is 1. The molecule has 1 aromatic carbocycles. The van der Waals surface area contributed by atoms with Crippen LogP contribution < -0.4 is 0 Å². The lowest BCUT2D eigenvalue weighted by molar-refractivity contribution is -0.312. The first kappa shape index (κ1) is 15.0. The first-order valence-electron chi connectivity index (χ1n) is 7.23. The van der Waals surface area contributed by atoms with Crippen molar-refractivity contribution in [3.05, 3.63) is 60.2 Å². The van der Waals surface area contributed by atoms with Gasteiger partial charge in [0, 0.05) is 5.92 Å². The lowest BCUT2D eigenvalue weighted by atomic mass is 9.90. The highest BCUT2D eigenvalue weighted by Crippen LogP contribution is 2.40. The van der Waals surface area contributed by atoms with E-state index in [9.17, 15) is 0 Å². The summed E-state index contributed by atoms with van der Waals surface area (Å²) in [6.07, 6.45) is 8.31. The highest BCUT2D eigenvalue weighted by atomic mass is 16.7. The Bertz CT molecular complexity index is 473. The van der Waals surface area contributed by atoms with E-state index in [0.717, 1.165) is 0 Å². The largest absolute Gasteiger partial charge is 0.343 e. The van der Waals surface area contributed by atoms with E-state index in [-0.39, 0.29) is 18.1 Å². The molecule has 1 aliphatic rings. The van der Waals surface area contributed by atoms with Crippen LogP contribution in [0.5, 0.6) is 0 Å². The van der Waals surface area contributed by atoms with Crippen LogP contribution in [0.4, 0.5) is 0 Å². The van der Waals surface area contributed by atoms with Gasteiger partial charge in [-0.2, -0.15) is 0 Å². The molecule has 0 amide bonds. The molecule has 0 aromatic heterocycles. The molecule has 3 atom stereocenters. The Kier molecular flexibility index (Phi) is 4.79. The lowest BCUT2D eigenvalue weighted by Gasteiger charge is -2.44. The smallest absolute Gasteiger partial charge is 0.164 e. The zero-order chi connectivity index (χ0) is 14.6. The van der Waals surface area contributed by atoms with Crippen LogP contribution in [0, 0.1) is 5.92 Å². The second-order valence-electron chi connectivity index (χ2n) is 5.70. The van der Waals surface area contributed by atoms with Gasteiger partial charge in [0.05, 0.1) is 12.2 Å². The minimum atomic E-state index is -0.571. The number of hydrogen-bond donors (Lipinski definition) is 0. The summed E-state index contributed by atoms with van der Waals surface area (Å²) in [5.74, 6) is -0.301. The predicted molar refractivity (Wildman–Crippen MR) is 82.3 cm³/mol. The molecule has 0 radical (unpaired) electrons.